The van der Waals surface area contributed by atoms with Gasteiger partial charge in [-0.2, -0.15) is 0 Å². The van der Waals surface area contributed by atoms with Gasteiger partial charge < -0.3 is 5.73 Å². The van der Waals surface area contributed by atoms with Crippen molar-refractivity contribution in [2.24, 2.45) is 5.73 Å². The second-order valence-corrected chi connectivity index (χ2v) is 3.58. The molecule has 0 aliphatic carbocycles. The van der Waals surface area contributed by atoms with E-state index in [4.69, 9.17) is 5.73 Å². The highest BCUT2D eigenvalue weighted by Crippen LogP contribution is 2.17. The highest BCUT2D eigenvalue weighted by Gasteiger charge is 1.99. The zero-order valence-electron chi connectivity index (χ0n) is 8.77. The van der Waals surface area contributed by atoms with Crippen molar-refractivity contribution in [3.63, 3.8) is 0 Å². The summed E-state index contributed by atoms with van der Waals surface area (Å²) in [6, 6.07) is 14.3. The SMILES string of the molecule is Cc1ccc(-c2cccc(CN)n2)cc1. The lowest BCUT2D eigenvalue weighted by molar-refractivity contribution is 0.993. The molecule has 2 rings (SSSR count). The van der Waals surface area contributed by atoms with Gasteiger partial charge in [-0.05, 0) is 19.1 Å². The van der Waals surface area contributed by atoms with Crippen LogP contribution in [0.4, 0.5) is 0 Å². The maximum absolute atomic E-state index is 5.56. The third kappa shape index (κ3) is 2.22. The Balaban J connectivity index is 2.40. The molecule has 0 aliphatic rings. The van der Waals surface area contributed by atoms with Crippen LogP contribution in [0.3, 0.4) is 0 Å². The average molecular weight is 198 g/mol. The summed E-state index contributed by atoms with van der Waals surface area (Å²) >= 11 is 0. The summed E-state index contributed by atoms with van der Waals surface area (Å²) in [5.41, 5.74) is 9.86. The van der Waals surface area contributed by atoms with Gasteiger partial charge in [0.2, 0.25) is 0 Å². The molecular formula is C13H14N2. The summed E-state index contributed by atoms with van der Waals surface area (Å²) < 4.78 is 0. The number of hydrogen-bond donors (Lipinski definition) is 1. The van der Waals surface area contributed by atoms with E-state index in [1.54, 1.807) is 0 Å². The van der Waals surface area contributed by atoms with Crippen LogP contribution in [0.25, 0.3) is 11.3 Å². The van der Waals surface area contributed by atoms with Crippen molar-refractivity contribution in [1.29, 1.82) is 0 Å². The number of benzene rings is 1. The van der Waals surface area contributed by atoms with Gasteiger partial charge in [-0.1, -0.05) is 35.9 Å². The largest absolute Gasteiger partial charge is 0.325 e. The van der Waals surface area contributed by atoms with E-state index in [0.29, 0.717) is 6.54 Å². The van der Waals surface area contributed by atoms with Gasteiger partial charge >= 0.3 is 0 Å². The summed E-state index contributed by atoms with van der Waals surface area (Å²) in [6.45, 7) is 2.56. The fourth-order valence-corrected chi connectivity index (χ4v) is 1.48. The van der Waals surface area contributed by atoms with E-state index in [2.05, 4.69) is 36.2 Å². The molecule has 2 N–H and O–H groups in total. The van der Waals surface area contributed by atoms with Crippen molar-refractivity contribution in [2.45, 2.75) is 13.5 Å². The van der Waals surface area contributed by atoms with Crippen molar-refractivity contribution >= 4 is 0 Å². The molecule has 1 aromatic heterocycles. The molecule has 0 saturated heterocycles. The number of nitrogens with two attached hydrogens (primary N) is 1. The van der Waals surface area contributed by atoms with Crippen molar-refractivity contribution in [1.82, 2.24) is 4.98 Å². The lowest BCUT2D eigenvalue weighted by Crippen LogP contribution is -1.99. The molecule has 2 heteroatoms. The van der Waals surface area contributed by atoms with Crippen LogP contribution in [-0.4, -0.2) is 4.98 Å². The highest BCUT2D eigenvalue weighted by molar-refractivity contribution is 5.59. The Kier molecular flexibility index (Phi) is 2.79. The van der Waals surface area contributed by atoms with Crippen molar-refractivity contribution in [3.8, 4) is 11.3 Å². The van der Waals surface area contributed by atoms with Crippen LogP contribution in [0, 0.1) is 6.92 Å². The number of aryl methyl sites for hydroxylation is 1. The van der Waals surface area contributed by atoms with Gasteiger partial charge in [-0.3, -0.25) is 4.98 Å². The monoisotopic (exact) mass is 198 g/mol. The maximum atomic E-state index is 5.56. The lowest BCUT2D eigenvalue weighted by atomic mass is 10.1. The van der Waals surface area contributed by atoms with Crippen molar-refractivity contribution in [2.75, 3.05) is 0 Å². The van der Waals surface area contributed by atoms with Crippen LogP contribution < -0.4 is 5.73 Å². The minimum Gasteiger partial charge on any atom is -0.325 e. The van der Waals surface area contributed by atoms with Gasteiger partial charge in [-0.15, -0.1) is 0 Å². The van der Waals surface area contributed by atoms with E-state index in [1.807, 2.05) is 18.2 Å². The van der Waals surface area contributed by atoms with E-state index < -0.39 is 0 Å². The molecule has 15 heavy (non-hydrogen) atoms. The highest BCUT2D eigenvalue weighted by atomic mass is 14.7. The molecule has 0 unspecified atom stereocenters. The molecule has 0 spiro atoms. The van der Waals surface area contributed by atoms with E-state index in [1.165, 1.54) is 5.56 Å². The topological polar surface area (TPSA) is 38.9 Å². The first-order valence-corrected chi connectivity index (χ1v) is 5.02. The maximum Gasteiger partial charge on any atom is 0.0705 e. The summed E-state index contributed by atoms with van der Waals surface area (Å²) in [6.07, 6.45) is 0. The van der Waals surface area contributed by atoms with Crippen molar-refractivity contribution < 1.29 is 0 Å². The average Bonchev–Trinajstić information content (AvgIpc) is 2.30. The van der Waals surface area contributed by atoms with Crippen LogP contribution in [0.15, 0.2) is 42.5 Å². The summed E-state index contributed by atoms with van der Waals surface area (Å²) in [5.74, 6) is 0. The van der Waals surface area contributed by atoms with Gasteiger partial charge in [0.05, 0.1) is 11.4 Å². The molecule has 0 amide bonds. The zero-order valence-corrected chi connectivity index (χ0v) is 8.77. The molecule has 0 atom stereocenters. The fraction of sp³-hybridized carbons (Fsp3) is 0.154. The molecule has 76 valence electrons. The first-order valence-electron chi connectivity index (χ1n) is 5.02. The number of pyridine rings is 1. The Hall–Kier alpha value is -1.67. The van der Waals surface area contributed by atoms with Gasteiger partial charge in [0, 0.05) is 12.1 Å². The Morgan fingerprint density at radius 1 is 1.07 bits per heavy atom. The minimum atomic E-state index is 0.486. The van der Waals surface area contributed by atoms with Gasteiger partial charge in [0.25, 0.3) is 0 Å². The van der Waals surface area contributed by atoms with E-state index in [0.717, 1.165) is 17.0 Å². The summed E-state index contributed by atoms with van der Waals surface area (Å²) in [5, 5.41) is 0. The Morgan fingerprint density at radius 3 is 2.47 bits per heavy atom. The van der Waals surface area contributed by atoms with Gasteiger partial charge in [0.1, 0.15) is 0 Å². The molecule has 0 radical (unpaired) electrons. The second-order valence-electron chi connectivity index (χ2n) is 3.58. The third-order valence-electron chi connectivity index (χ3n) is 2.36. The normalized spacial score (nSPS) is 10.3. The van der Waals surface area contributed by atoms with Gasteiger partial charge in [-0.25, -0.2) is 0 Å². The summed E-state index contributed by atoms with van der Waals surface area (Å²) in [7, 11) is 0. The summed E-state index contributed by atoms with van der Waals surface area (Å²) in [4.78, 5) is 4.47. The number of hydrogen-bond acceptors (Lipinski definition) is 2. The Bertz CT molecular complexity index is 446. The predicted molar refractivity (Wildman–Crippen MR) is 62.3 cm³/mol. The van der Waals surface area contributed by atoms with Crippen LogP contribution in [-0.2, 0) is 6.54 Å². The van der Waals surface area contributed by atoms with Crippen molar-refractivity contribution in [3.05, 3.63) is 53.7 Å². The second kappa shape index (κ2) is 4.24. The molecule has 0 bridgehead atoms. The number of rotatable bonds is 2. The molecule has 0 aliphatic heterocycles. The molecule has 0 saturated carbocycles. The molecule has 2 nitrogen and oxygen atoms in total. The van der Waals surface area contributed by atoms with E-state index in [-0.39, 0.29) is 0 Å². The molecule has 0 fully saturated rings. The third-order valence-corrected chi connectivity index (χ3v) is 2.36. The number of aromatic nitrogens is 1. The Morgan fingerprint density at radius 2 is 1.80 bits per heavy atom. The lowest BCUT2D eigenvalue weighted by Gasteiger charge is -2.03. The molecule has 2 aromatic rings. The minimum absolute atomic E-state index is 0.486. The van der Waals surface area contributed by atoms with Crippen LogP contribution in [0.5, 0.6) is 0 Å². The zero-order chi connectivity index (χ0) is 10.7. The van der Waals surface area contributed by atoms with Crippen LogP contribution in [0.2, 0.25) is 0 Å². The van der Waals surface area contributed by atoms with E-state index in [9.17, 15) is 0 Å². The molecule has 1 aromatic carbocycles. The first kappa shape index (κ1) is 9.87. The smallest absolute Gasteiger partial charge is 0.0705 e. The van der Waals surface area contributed by atoms with Gasteiger partial charge in [0.15, 0.2) is 0 Å². The predicted octanol–water partition coefficient (Wildman–Crippen LogP) is 2.52. The Labute approximate surface area is 89.8 Å². The molecular weight excluding hydrogens is 184 g/mol. The molecule has 1 heterocycles. The first-order chi connectivity index (χ1) is 7.29. The fourth-order valence-electron chi connectivity index (χ4n) is 1.48. The standard InChI is InChI=1S/C13H14N2/c1-10-5-7-11(8-6-10)13-4-2-3-12(9-14)15-13/h2-8H,9,14H2,1H3. The van der Waals surface area contributed by atoms with Crippen LogP contribution in [0.1, 0.15) is 11.3 Å². The van der Waals surface area contributed by atoms with E-state index >= 15 is 0 Å². The quantitative estimate of drug-likeness (QED) is 0.805. The number of nitrogens with zero attached hydrogens (tertiary/aromatic N) is 1. The van der Waals surface area contributed by atoms with Crippen LogP contribution >= 0.6 is 0 Å².